The van der Waals surface area contributed by atoms with Crippen LogP contribution >= 0.6 is 61.4 Å². The van der Waals surface area contributed by atoms with Gasteiger partial charge >= 0.3 is 190 Å². The zero-order valence-electron chi connectivity index (χ0n) is 14.2. The molecule has 3 aromatic rings. The zero-order chi connectivity index (χ0) is 18.8. The average molecular weight is 708 g/mol. The summed E-state index contributed by atoms with van der Waals surface area (Å²) >= 11 is 12.9. The van der Waals surface area contributed by atoms with E-state index in [0.717, 1.165) is 39.7 Å². The molecule has 9 heteroatoms. The molecule has 2 aromatic heterocycles. The van der Waals surface area contributed by atoms with Crippen molar-refractivity contribution in [1.82, 2.24) is 4.57 Å². The van der Waals surface area contributed by atoms with Crippen molar-refractivity contribution in [3.05, 3.63) is 51.1 Å². The Labute approximate surface area is 187 Å². The van der Waals surface area contributed by atoms with E-state index in [2.05, 4.69) is 42.8 Å². The molecule has 0 saturated heterocycles. The molecule has 2 aliphatic rings. The Bertz CT molecular complexity index is 1110. The van der Waals surface area contributed by atoms with E-state index in [1.807, 2.05) is 46.2 Å². The molecular formula is C18H16Br3N2OS2Te+. The molecule has 3 nitrogen and oxygen atoms in total. The number of rotatable bonds is 2. The Hall–Kier alpha value is 0.640. The summed E-state index contributed by atoms with van der Waals surface area (Å²) in [5.41, 5.74) is 2.40. The summed E-state index contributed by atoms with van der Waals surface area (Å²) in [6.07, 6.45) is 4.55. The molecule has 1 aromatic carbocycles. The molecule has 1 aliphatic heterocycles. The molecule has 0 radical (unpaired) electrons. The van der Waals surface area contributed by atoms with Crippen molar-refractivity contribution in [2.75, 3.05) is 5.75 Å². The van der Waals surface area contributed by atoms with Gasteiger partial charge in [-0.25, -0.2) is 0 Å². The third kappa shape index (κ3) is 3.24. The SMILES string of the molecule is O=c1c2c3c(sc2[n+]2c(n1-c1ccccc1)SCC2[Te](Br)(Br)Br)CCCC3. The van der Waals surface area contributed by atoms with Crippen LogP contribution in [0.25, 0.3) is 15.9 Å². The number of hydrogen-bond acceptors (Lipinski definition) is 3. The van der Waals surface area contributed by atoms with Crippen LogP contribution in [0.5, 0.6) is 0 Å². The van der Waals surface area contributed by atoms with E-state index in [1.54, 1.807) is 11.8 Å². The van der Waals surface area contributed by atoms with Crippen LogP contribution in [0.4, 0.5) is 0 Å². The standard InChI is InChI=1S/C18H16Br3N2OS2Te/c19-27(20,21)14-10-25-18-22(11-6-2-1-3-7-11)16(24)15-12-8-4-5-9-13(12)26-17(15)23(14)18/h1-3,6-7,14H,4-5,8-10H2/q+1. The molecule has 0 amide bonds. The fourth-order valence-electron chi connectivity index (χ4n) is 3.94. The first-order valence-corrected chi connectivity index (χ1v) is 27.5. The molecule has 0 bridgehead atoms. The zero-order valence-corrected chi connectivity index (χ0v) is 22.9. The molecule has 1 unspecified atom stereocenters. The monoisotopic (exact) mass is 707 g/mol. The van der Waals surface area contributed by atoms with Gasteiger partial charge in [0, 0.05) is 0 Å². The topological polar surface area (TPSA) is 25.9 Å². The molecule has 1 aliphatic carbocycles. The molecule has 3 heterocycles. The van der Waals surface area contributed by atoms with E-state index in [4.69, 9.17) is 0 Å². The predicted octanol–water partition coefficient (Wildman–Crippen LogP) is 5.53. The van der Waals surface area contributed by atoms with E-state index >= 15 is 0 Å². The van der Waals surface area contributed by atoms with Crippen LogP contribution in [0.1, 0.15) is 27.4 Å². The molecular weight excluding hydrogens is 692 g/mol. The van der Waals surface area contributed by atoms with Crippen molar-refractivity contribution < 1.29 is 4.57 Å². The predicted molar refractivity (Wildman–Crippen MR) is 127 cm³/mol. The van der Waals surface area contributed by atoms with Gasteiger partial charge in [-0.2, -0.15) is 0 Å². The van der Waals surface area contributed by atoms with Crippen LogP contribution in [-0.4, -0.2) is 21.9 Å². The third-order valence-electron chi connectivity index (χ3n) is 5.15. The summed E-state index contributed by atoms with van der Waals surface area (Å²) in [5, 5.41) is 2.01. The van der Waals surface area contributed by atoms with Crippen molar-refractivity contribution in [2.24, 2.45) is 0 Å². The first kappa shape index (κ1) is 19.6. The first-order valence-electron chi connectivity index (χ1n) is 8.71. The summed E-state index contributed by atoms with van der Waals surface area (Å²) in [6, 6.07) is 10.1. The molecule has 0 fully saturated rings. The molecule has 5 rings (SSSR count). The fraction of sp³-hybridized carbons (Fsp3) is 0.333. The van der Waals surface area contributed by atoms with E-state index < -0.39 is 11.6 Å². The second-order valence-corrected chi connectivity index (χ2v) is 50.9. The minimum absolute atomic E-state index is 0.145. The Balaban J connectivity index is 1.92. The van der Waals surface area contributed by atoms with Crippen molar-refractivity contribution >= 4 is 83.1 Å². The molecule has 142 valence electrons. The first-order chi connectivity index (χ1) is 13.0. The number of aromatic nitrogens is 2. The van der Waals surface area contributed by atoms with E-state index in [0.29, 0.717) is 4.09 Å². The van der Waals surface area contributed by atoms with Crippen molar-refractivity contribution in [3.63, 3.8) is 0 Å². The molecule has 0 spiro atoms. The van der Waals surface area contributed by atoms with Gasteiger partial charge < -0.3 is 0 Å². The molecule has 0 N–H and O–H groups in total. The van der Waals surface area contributed by atoms with Crippen molar-refractivity contribution in [2.45, 2.75) is 34.9 Å². The summed E-state index contributed by atoms with van der Waals surface area (Å²) < 4.78 is 4.72. The van der Waals surface area contributed by atoms with Crippen LogP contribution in [0.3, 0.4) is 0 Å². The fourth-order valence-corrected chi connectivity index (χ4v) is 20.2. The normalized spacial score (nSPS) is 19.9. The number of thiophene rings is 1. The van der Waals surface area contributed by atoms with E-state index in [9.17, 15) is 4.79 Å². The molecule has 0 saturated carbocycles. The maximum atomic E-state index is 13.7. The van der Waals surface area contributed by atoms with Crippen LogP contribution in [0.15, 0.2) is 40.3 Å². The average Bonchev–Trinajstić information content (AvgIpc) is 3.24. The number of thioether (sulfide) groups is 1. The van der Waals surface area contributed by atoms with Crippen LogP contribution in [0.2, 0.25) is 0 Å². The Kier molecular flexibility index (Phi) is 5.37. The Morgan fingerprint density at radius 1 is 1.11 bits per heavy atom. The summed E-state index contributed by atoms with van der Waals surface area (Å²) in [7, 11) is 0. The van der Waals surface area contributed by atoms with Crippen LogP contribution in [0, 0.1) is 0 Å². The van der Waals surface area contributed by atoms with E-state index in [-0.39, 0.29) is 5.56 Å². The molecule has 27 heavy (non-hydrogen) atoms. The number of hydrogen-bond donors (Lipinski definition) is 0. The Morgan fingerprint density at radius 2 is 1.85 bits per heavy atom. The summed E-state index contributed by atoms with van der Waals surface area (Å²) in [6.45, 7) is 0. The van der Waals surface area contributed by atoms with E-state index in [1.165, 1.54) is 23.3 Å². The number of halogens is 3. The van der Waals surface area contributed by atoms with Crippen LogP contribution < -0.4 is 10.1 Å². The van der Waals surface area contributed by atoms with Gasteiger partial charge in [-0.3, -0.25) is 0 Å². The number of para-hydroxylation sites is 1. The van der Waals surface area contributed by atoms with Gasteiger partial charge in [-0.1, -0.05) is 0 Å². The minimum atomic E-state index is -2.55. The second kappa shape index (κ2) is 7.40. The van der Waals surface area contributed by atoms with Gasteiger partial charge in [-0.15, -0.1) is 0 Å². The number of fused-ring (bicyclic) bond motifs is 5. The number of aryl methyl sites for hydroxylation is 2. The molecule has 1 atom stereocenters. The third-order valence-corrected chi connectivity index (χ3v) is 19.7. The van der Waals surface area contributed by atoms with Crippen LogP contribution in [-0.2, 0) is 12.8 Å². The maximum absolute atomic E-state index is 13.7. The number of benzene rings is 1. The van der Waals surface area contributed by atoms with Crippen molar-refractivity contribution in [1.29, 1.82) is 0 Å². The van der Waals surface area contributed by atoms with Gasteiger partial charge in [0.1, 0.15) is 0 Å². The van der Waals surface area contributed by atoms with Gasteiger partial charge in [0.05, 0.1) is 0 Å². The van der Waals surface area contributed by atoms with Crippen molar-refractivity contribution in [3.8, 4) is 5.69 Å². The Morgan fingerprint density at radius 3 is 2.59 bits per heavy atom. The van der Waals surface area contributed by atoms with Gasteiger partial charge in [-0.05, 0) is 0 Å². The van der Waals surface area contributed by atoms with Gasteiger partial charge in [0.15, 0.2) is 0 Å². The number of nitrogens with zero attached hydrogens (tertiary/aromatic N) is 2. The van der Waals surface area contributed by atoms with Gasteiger partial charge in [0.2, 0.25) is 0 Å². The second-order valence-electron chi connectivity index (χ2n) is 6.73. The van der Waals surface area contributed by atoms with Gasteiger partial charge in [0.25, 0.3) is 0 Å². The quantitative estimate of drug-likeness (QED) is 0.199. The summed E-state index contributed by atoms with van der Waals surface area (Å²) in [5.74, 6) is 0.969. The summed E-state index contributed by atoms with van der Waals surface area (Å²) in [4.78, 5) is 16.3.